The van der Waals surface area contributed by atoms with Gasteiger partial charge in [0.1, 0.15) is 5.82 Å². The maximum atomic E-state index is 14.9. The number of likely N-dealkylation sites (tertiary alicyclic amines) is 1. The topological polar surface area (TPSA) is 95.8 Å². The number of methoxy groups -OCH3 is 3. The molecule has 178 valence electrons. The van der Waals surface area contributed by atoms with E-state index in [0.29, 0.717) is 53.2 Å². The summed E-state index contributed by atoms with van der Waals surface area (Å²) < 4.78 is 32.6. The molecule has 2 amide bonds. The summed E-state index contributed by atoms with van der Waals surface area (Å²) >= 11 is 1.08. The summed E-state index contributed by atoms with van der Waals surface area (Å²) in [6.45, 7) is 0.412. The summed E-state index contributed by atoms with van der Waals surface area (Å²) in [6.07, 6.45) is 1.03. The summed E-state index contributed by atoms with van der Waals surface area (Å²) in [4.78, 5) is 25.7. The van der Waals surface area contributed by atoms with E-state index in [4.69, 9.17) is 14.2 Å². The standard InChI is InChI=1S/C23H23FN4O5S/c1-31-17-11-14(12-18(32-2)21(17)33-3)22-25-26-23(28(22)16-8-5-4-7-15(16)24)34-13-20(30)27-10-6-9-19(27)29/h4-5,7-8,11-12H,6,9-10,13H2,1-3H3. The van der Waals surface area contributed by atoms with E-state index in [0.717, 1.165) is 11.8 Å². The van der Waals surface area contributed by atoms with E-state index in [1.54, 1.807) is 30.3 Å². The number of rotatable bonds is 8. The number of aromatic nitrogens is 3. The number of imide groups is 1. The lowest BCUT2D eigenvalue weighted by Gasteiger charge is -2.16. The Morgan fingerprint density at radius 1 is 1.09 bits per heavy atom. The molecule has 0 spiro atoms. The van der Waals surface area contributed by atoms with Crippen molar-refractivity contribution in [1.82, 2.24) is 19.7 Å². The van der Waals surface area contributed by atoms with Gasteiger partial charge >= 0.3 is 0 Å². The third-order valence-electron chi connectivity index (χ3n) is 5.35. The molecule has 4 rings (SSSR count). The lowest BCUT2D eigenvalue weighted by molar-refractivity contribution is -0.140. The molecule has 2 aromatic carbocycles. The molecule has 9 nitrogen and oxygen atoms in total. The van der Waals surface area contributed by atoms with Gasteiger partial charge in [-0.15, -0.1) is 10.2 Å². The van der Waals surface area contributed by atoms with Gasteiger partial charge in [-0.05, 0) is 30.7 Å². The Morgan fingerprint density at radius 2 is 1.79 bits per heavy atom. The van der Waals surface area contributed by atoms with Gasteiger partial charge in [-0.3, -0.25) is 19.1 Å². The van der Waals surface area contributed by atoms with Crippen molar-refractivity contribution >= 4 is 23.6 Å². The van der Waals surface area contributed by atoms with Crippen molar-refractivity contribution in [3.8, 4) is 34.3 Å². The molecule has 0 atom stereocenters. The third kappa shape index (κ3) is 4.43. The molecule has 0 N–H and O–H groups in total. The van der Waals surface area contributed by atoms with Crippen molar-refractivity contribution in [2.75, 3.05) is 33.6 Å². The van der Waals surface area contributed by atoms with Crippen LogP contribution in [0.15, 0.2) is 41.6 Å². The lowest BCUT2D eigenvalue weighted by Crippen LogP contribution is -2.33. The number of ether oxygens (including phenoxy) is 3. The first-order chi connectivity index (χ1) is 16.5. The Kier molecular flexibility index (Phi) is 7.01. The SMILES string of the molecule is COc1cc(-c2nnc(SCC(=O)N3CCCC3=O)n2-c2ccccc2F)cc(OC)c1OC. The van der Waals surface area contributed by atoms with Crippen LogP contribution in [0.3, 0.4) is 0 Å². The largest absolute Gasteiger partial charge is 0.493 e. The second-order valence-corrected chi connectivity index (χ2v) is 8.28. The molecule has 1 aliphatic heterocycles. The third-order valence-corrected chi connectivity index (χ3v) is 6.26. The first-order valence-electron chi connectivity index (χ1n) is 10.4. The molecule has 2 heterocycles. The zero-order chi connectivity index (χ0) is 24.2. The molecule has 11 heteroatoms. The first-order valence-corrected chi connectivity index (χ1v) is 11.4. The van der Waals surface area contributed by atoms with Crippen LogP contribution in [-0.2, 0) is 9.59 Å². The monoisotopic (exact) mass is 486 g/mol. The van der Waals surface area contributed by atoms with Crippen molar-refractivity contribution in [3.05, 3.63) is 42.2 Å². The number of carbonyl (C=O) groups excluding carboxylic acids is 2. The fourth-order valence-electron chi connectivity index (χ4n) is 3.73. The van der Waals surface area contributed by atoms with Crippen LogP contribution in [-0.4, -0.2) is 65.1 Å². The number of hydrogen-bond donors (Lipinski definition) is 0. The lowest BCUT2D eigenvalue weighted by atomic mass is 10.1. The summed E-state index contributed by atoms with van der Waals surface area (Å²) in [5.74, 6) is 0.502. The molecular formula is C23H23FN4O5S. The predicted molar refractivity (Wildman–Crippen MR) is 123 cm³/mol. The maximum absolute atomic E-state index is 14.9. The van der Waals surface area contributed by atoms with Gasteiger partial charge in [-0.1, -0.05) is 23.9 Å². The highest BCUT2D eigenvalue weighted by Gasteiger charge is 2.28. The van der Waals surface area contributed by atoms with Gasteiger partial charge in [0.25, 0.3) is 0 Å². The van der Waals surface area contributed by atoms with E-state index < -0.39 is 5.82 Å². The van der Waals surface area contributed by atoms with Crippen molar-refractivity contribution in [2.45, 2.75) is 18.0 Å². The van der Waals surface area contributed by atoms with Gasteiger partial charge in [-0.25, -0.2) is 4.39 Å². The minimum Gasteiger partial charge on any atom is -0.493 e. The molecule has 1 fully saturated rings. The van der Waals surface area contributed by atoms with Crippen LogP contribution in [0.2, 0.25) is 0 Å². The van der Waals surface area contributed by atoms with Gasteiger partial charge in [-0.2, -0.15) is 0 Å². The number of halogens is 1. The van der Waals surface area contributed by atoms with Crippen LogP contribution in [0.4, 0.5) is 4.39 Å². The Balaban J connectivity index is 1.77. The zero-order valence-corrected chi connectivity index (χ0v) is 19.7. The fourth-order valence-corrected chi connectivity index (χ4v) is 4.55. The predicted octanol–water partition coefficient (Wildman–Crippen LogP) is 3.34. The zero-order valence-electron chi connectivity index (χ0n) is 18.9. The van der Waals surface area contributed by atoms with E-state index in [1.807, 2.05) is 0 Å². The van der Waals surface area contributed by atoms with E-state index in [1.165, 1.54) is 36.9 Å². The number of hydrogen-bond acceptors (Lipinski definition) is 8. The Hall–Kier alpha value is -3.60. The molecular weight excluding hydrogens is 463 g/mol. The first kappa shape index (κ1) is 23.6. The summed E-state index contributed by atoms with van der Waals surface area (Å²) in [7, 11) is 4.49. The normalized spacial score (nSPS) is 13.3. The number of thioether (sulfide) groups is 1. The molecule has 0 saturated carbocycles. The van der Waals surface area contributed by atoms with Crippen LogP contribution in [0.5, 0.6) is 17.2 Å². The maximum Gasteiger partial charge on any atom is 0.239 e. The Morgan fingerprint density at radius 3 is 2.38 bits per heavy atom. The number of benzene rings is 2. The molecule has 34 heavy (non-hydrogen) atoms. The Labute approximate surface area is 199 Å². The number of nitrogens with zero attached hydrogens (tertiary/aromatic N) is 4. The highest BCUT2D eigenvalue weighted by atomic mass is 32.2. The molecule has 1 aliphatic rings. The van der Waals surface area contributed by atoms with Crippen LogP contribution in [0.1, 0.15) is 12.8 Å². The number of para-hydroxylation sites is 1. The second-order valence-electron chi connectivity index (χ2n) is 7.34. The van der Waals surface area contributed by atoms with Crippen molar-refractivity contribution < 1.29 is 28.2 Å². The Bertz CT molecular complexity index is 1210. The average Bonchev–Trinajstić information content (AvgIpc) is 3.48. The van der Waals surface area contributed by atoms with E-state index in [2.05, 4.69) is 10.2 Å². The van der Waals surface area contributed by atoms with Crippen LogP contribution in [0.25, 0.3) is 17.1 Å². The van der Waals surface area contributed by atoms with Gasteiger partial charge in [0.15, 0.2) is 22.5 Å². The summed E-state index contributed by atoms with van der Waals surface area (Å²) in [6, 6.07) is 9.57. The van der Waals surface area contributed by atoms with Gasteiger partial charge in [0, 0.05) is 18.5 Å². The molecule has 1 aromatic heterocycles. The molecule has 1 saturated heterocycles. The van der Waals surface area contributed by atoms with Gasteiger partial charge in [0.05, 0.1) is 32.8 Å². The smallest absolute Gasteiger partial charge is 0.239 e. The highest BCUT2D eigenvalue weighted by Crippen LogP contribution is 2.42. The molecule has 0 unspecified atom stereocenters. The van der Waals surface area contributed by atoms with Crippen molar-refractivity contribution in [1.29, 1.82) is 0 Å². The van der Waals surface area contributed by atoms with Crippen LogP contribution in [0, 0.1) is 5.82 Å². The fraction of sp³-hybridized carbons (Fsp3) is 0.304. The minimum atomic E-state index is -0.487. The summed E-state index contributed by atoms with van der Waals surface area (Å²) in [5.41, 5.74) is 0.751. The molecule has 0 aliphatic carbocycles. The average molecular weight is 487 g/mol. The van der Waals surface area contributed by atoms with E-state index in [-0.39, 0.29) is 23.3 Å². The minimum absolute atomic E-state index is 0.0341. The number of amides is 2. The second kappa shape index (κ2) is 10.1. The van der Waals surface area contributed by atoms with E-state index in [9.17, 15) is 14.0 Å². The van der Waals surface area contributed by atoms with Crippen LogP contribution < -0.4 is 14.2 Å². The van der Waals surface area contributed by atoms with E-state index >= 15 is 0 Å². The number of carbonyl (C=O) groups is 2. The van der Waals surface area contributed by atoms with Crippen LogP contribution >= 0.6 is 11.8 Å². The molecule has 3 aromatic rings. The van der Waals surface area contributed by atoms with Crippen molar-refractivity contribution in [2.24, 2.45) is 0 Å². The summed E-state index contributed by atoms with van der Waals surface area (Å²) in [5, 5.41) is 8.80. The molecule has 0 radical (unpaired) electrons. The molecule has 0 bridgehead atoms. The van der Waals surface area contributed by atoms with Gasteiger partial charge in [0.2, 0.25) is 17.6 Å². The highest BCUT2D eigenvalue weighted by molar-refractivity contribution is 7.99. The van der Waals surface area contributed by atoms with Gasteiger partial charge < -0.3 is 14.2 Å². The van der Waals surface area contributed by atoms with Crippen molar-refractivity contribution in [3.63, 3.8) is 0 Å². The quantitative estimate of drug-likeness (QED) is 0.448.